The molecule has 0 heterocycles. The fourth-order valence-electron chi connectivity index (χ4n) is 2.03. The van der Waals surface area contributed by atoms with Crippen molar-refractivity contribution in [2.24, 2.45) is 5.92 Å². The second kappa shape index (κ2) is 8.01. The molecule has 4 nitrogen and oxygen atoms in total. The van der Waals surface area contributed by atoms with E-state index in [4.69, 9.17) is 4.74 Å². The lowest BCUT2D eigenvalue weighted by Crippen LogP contribution is -2.27. The molecule has 124 valence electrons. The van der Waals surface area contributed by atoms with Gasteiger partial charge in [0.05, 0.1) is 5.69 Å². The molecule has 0 aliphatic rings. The number of carbonyl (C=O) groups is 1. The maximum absolute atomic E-state index is 13.8. The van der Waals surface area contributed by atoms with E-state index in [1.165, 1.54) is 6.07 Å². The Morgan fingerprint density at radius 3 is 2.64 bits per heavy atom. The summed E-state index contributed by atoms with van der Waals surface area (Å²) >= 11 is 0. The van der Waals surface area contributed by atoms with E-state index in [9.17, 15) is 9.18 Å². The molecule has 1 rings (SSSR count). The van der Waals surface area contributed by atoms with Gasteiger partial charge in [-0.05, 0) is 51.3 Å². The van der Waals surface area contributed by atoms with Gasteiger partial charge in [0.2, 0.25) is 0 Å². The Morgan fingerprint density at radius 1 is 1.36 bits per heavy atom. The van der Waals surface area contributed by atoms with Crippen LogP contribution in [0.1, 0.15) is 47.5 Å². The lowest BCUT2D eigenvalue weighted by atomic mass is 10.1. The van der Waals surface area contributed by atoms with Gasteiger partial charge in [0, 0.05) is 12.2 Å². The highest BCUT2D eigenvalue weighted by molar-refractivity contribution is 5.85. The number of nitrogens with one attached hydrogen (secondary N) is 2. The van der Waals surface area contributed by atoms with Crippen molar-refractivity contribution in [3.8, 4) is 0 Å². The molecule has 1 unspecified atom stereocenters. The second-order valence-electron chi connectivity index (χ2n) is 6.60. The third-order valence-electron chi connectivity index (χ3n) is 3.04. The summed E-state index contributed by atoms with van der Waals surface area (Å²) < 4.78 is 18.9. The molecule has 0 radical (unpaired) electrons. The van der Waals surface area contributed by atoms with Crippen molar-refractivity contribution in [1.29, 1.82) is 0 Å². The van der Waals surface area contributed by atoms with E-state index in [0.29, 0.717) is 5.92 Å². The summed E-state index contributed by atoms with van der Waals surface area (Å²) in [4.78, 5) is 11.7. The smallest absolute Gasteiger partial charge is 0.412 e. The highest BCUT2D eigenvalue weighted by Crippen LogP contribution is 2.21. The normalized spacial score (nSPS) is 12.6. The van der Waals surface area contributed by atoms with Crippen molar-refractivity contribution in [2.45, 2.75) is 53.1 Å². The number of halogens is 1. The van der Waals surface area contributed by atoms with Crippen LogP contribution in [0.3, 0.4) is 0 Å². The Balaban J connectivity index is 2.67. The highest BCUT2D eigenvalue weighted by Gasteiger charge is 2.17. The van der Waals surface area contributed by atoms with Gasteiger partial charge in [-0.15, -0.1) is 0 Å². The summed E-state index contributed by atoms with van der Waals surface area (Å²) in [5.74, 6) is 0.0512. The van der Waals surface area contributed by atoms with Gasteiger partial charge in [-0.1, -0.05) is 20.3 Å². The van der Waals surface area contributed by atoms with Crippen molar-refractivity contribution in [3.05, 3.63) is 24.0 Å². The van der Waals surface area contributed by atoms with Crippen LogP contribution in [0, 0.1) is 11.7 Å². The van der Waals surface area contributed by atoms with Crippen LogP contribution in [0.15, 0.2) is 18.2 Å². The lowest BCUT2D eigenvalue weighted by Gasteiger charge is -2.20. The van der Waals surface area contributed by atoms with Gasteiger partial charge in [0.15, 0.2) is 0 Å². The minimum absolute atomic E-state index is 0.113. The molecule has 0 aromatic heterocycles. The quantitative estimate of drug-likeness (QED) is 0.775. The van der Waals surface area contributed by atoms with E-state index in [-0.39, 0.29) is 5.69 Å². The number of carbonyl (C=O) groups excluding carboxylic acids is 1. The third kappa shape index (κ3) is 6.78. The Bertz CT molecular complexity index is 498. The van der Waals surface area contributed by atoms with Crippen LogP contribution >= 0.6 is 0 Å². The fraction of sp³-hybridized carbons (Fsp3) is 0.588. The number of anilines is 2. The molecule has 0 aliphatic heterocycles. The first kappa shape index (κ1) is 18.3. The summed E-state index contributed by atoms with van der Waals surface area (Å²) in [5, 5.41) is 5.70. The van der Waals surface area contributed by atoms with Crippen LogP contribution < -0.4 is 10.6 Å². The van der Waals surface area contributed by atoms with Crippen LogP contribution in [-0.2, 0) is 4.74 Å². The maximum Gasteiger partial charge on any atom is 0.412 e. The summed E-state index contributed by atoms with van der Waals surface area (Å²) in [5.41, 5.74) is 0.268. The van der Waals surface area contributed by atoms with Crippen molar-refractivity contribution in [1.82, 2.24) is 0 Å². The molecule has 1 amide bonds. The van der Waals surface area contributed by atoms with Gasteiger partial charge in [-0.2, -0.15) is 0 Å². The Labute approximate surface area is 132 Å². The zero-order valence-electron chi connectivity index (χ0n) is 14.1. The topological polar surface area (TPSA) is 50.4 Å². The minimum atomic E-state index is -0.664. The standard InChI is InChI=1S/C17H27FN2O2/c1-6-7-12(2)11-19-13-8-9-14(18)15(10-13)20-16(21)22-17(3,4)5/h8-10,12,19H,6-7,11H2,1-5H3,(H,20,21). The third-order valence-corrected chi connectivity index (χ3v) is 3.04. The number of benzene rings is 1. The summed E-state index contributed by atoms with van der Waals surface area (Å²) in [6.45, 7) is 10.4. The summed E-state index contributed by atoms with van der Waals surface area (Å²) in [6.07, 6.45) is 1.61. The lowest BCUT2D eigenvalue weighted by molar-refractivity contribution is 0.0635. The van der Waals surface area contributed by atoms with Crippen LogP contribution in [0.25, 0.3) is 0 Å². The molecule has 2 N–H and O–H groups in total. The largest absolute Gasteiger partial charge is 0.444 e. The minimum Gasteiger partial charge on any atom is -0.444 e. The molecule has 0 saturated carbocycles. The molecule has 1 aromatic rings. The molecule has 0 bridgehead atoms. The van der Waals surface area contributed by atoms with E-state index < -0.39 is 17.5 Å². The first-order valence-electron chi connectivity index (χ1n) is 7.74. The number of hydrogen-bond donors (Lipinski definition) is 2. The van der Waals surface area contributed by atoms with Crippen molar-refractivity contribution < 1.29 is 13.9 Å². The van der Waals surface area contributed by atoms with Gasteiger partial charge in [0.25, 0.3) is 0 Å². The molecule has 1 atom stereocenters. The molecule has 1 aromatic carbocycles. The molecular weight excluding hydrogens is 283 g/mol. The Kier molecular flexibility index (Phi) is 6.65. The summed E-state index contributed by atoms with van der Waals surface area (Å²) in [7, 11) is 0. The molecular formula is C17H27FN2O2. The van der Waals surface area contributed by atoms with Crippen molar-refractivity contribution in [3.63, 3.8) is 0 Å². The van der Waals surface area contributed by atoms with Crippen LogP contribution in [-0.4, -0.2) is 18.2 Å². The number of ether oxygens (including phenoxy) is 1. The average molecular weight is 310 g/mol. The van der Waals surface area contributed by atoms with Gasteiger partial charge in [0.1, 0.15) is 11.4 Å². The first-order valence-corrected chi connectivity index (χ1v) is 7.74. The van der Waals surface area contributed by atoms with E-state index in [2.05, 4.69) is 24.5 Å². The monoisotopic (exact) mass is 310 g/mol. The van der Waals surface area contributed by atoms with E-state index in [1.807, 2.05) is 0 Å². The maximum atomic E-state index is 13.8. The van der Waals surface area contributed by atoms with Crippen LogP contribution in [0.2, 0.25) is 0 Å². The Hall–Kier alpha value is -1.78. The highest BCUT2D eigenvalue weighted by atomic mass is 19.1. The van der Waals surface area contributed by atoms with Gasteiger partial charge >= 0.3 is 6.09 Å². The molecule has 0 spiro atoms. The van der Waals surface area contributed by atoms with Crippen LogP contribution in [0.5, 0.6) is 0 Å². The summed E-state index contributed by atoms with van der Waals surface area (Å²) in [6, 6.07) is 4.58. The number of hydrogen-bond acceptors (Lipinski definition) is 3. The molecule has 0 aliphatic carbocycles. The molecule has 22 heavy (non-hydrogen) atoms. The average Bonchev–Trinajstić information content (AvgIpc) is 2.38. The van der Waals surface area contributed by atoms with E-state index in [0.717, 1.165) is 25.1 Å². The zero-order chi connectivity index (χ0) is 16.8. The predicted molar refractivity (Wildman–Crippen MR) is 88.8 cm³/mol. The van der Waals surface area contributed by atoms with Gasteiger partial charge < -0.3 is 10.1 Å². The van der Waals surface area contributed by atoms with Gasteiger partial charge in [-0.3, -0.25) is 5.32 Å². The first-order chi connectivity index (χ1) is 10.2. The Morgan fingerprint density at radius 2 is 2.05 bits per heavy atom. The van der Waals surface area contributed by atoms with Gasteiger partial charge in [-0.25, -0.2) is 9.18 Å². The van der Waals surface area contributed by atoms with Crippen molar-refractivity contribution in [2.75, 3.05) is 17.2 Å². The number of amides is 1. The predicted octanol–water partition coefficient (Wildman–Crippen LogP) is 5.02. The second-order valence-corrected chi connectivity index (χ2v) is 6.60. The number of rotatable bonds is 6. The van der Waals surface area contributed by atoms with Crippen molar-refractivity contribution >= 4 is 17.5 Å². The fourth-order valence-corrected chi connectivity index (χ4v) is 2.03. The molecule has 5 heteroatoms. The molecule has 0 saturated heterocycles. The van der Waals surface area contributed by atoms with Crippen LogP contribution in [0.4, 0.5) is 20.6 Å². The molecule has 0 fully saturated rings. The SMILES string of the molecule is CCCC(C)CNc1ccc(F)c(NC(=O)OC(C)(C)C)c1. The van der Waals surface area contributed by atoms with E-state index >= 15 is 0 Å². The zero-order valence-corrected chi connectivity index (χ0v) is 14.1. The van der Waals surface area contributed by atoms with E-state index in [1.54, 1.807) is 32.9 Å².